The summed E-state index contributed by atoms with van der Waals surface area (Å²) in [6, 6.07) is 1.83. The number of anilines is 1. The standard InChI is InChI=1S/C11H13ClN4O2/c1-17-10-7-16-11(13-10)8(6-9(12)14-16)15-2-4-18-5-3-15/h6-7H,2-5H2,1H3. The first-order chi connectivity index (χ1) is 8.78. The Bertz CT molecular complexity index is 565. The second-order valence-electron chi connectivity index (χ2n) is 4.00. The van der Waals surface area contributed by atoms with Gasteiger partial charge in [0, 0.05) is 19.2 Å². The van der Waals surface area contributed by atoms with E-state index in [4.69, 9.17) is 21.1 Å². The van der Waals surface area contributed by atoms with Gasteiger partial charge in [0.15, 0.2) is 10.8 Å². The summed E-state index contributed by atoms with van der Waals surface area (Å²) < 4.78 is 12.1. The van der Waals surface area contributed by atoms with Crippen LogP contribution in [0, 0.1) is 0 Å². The fourth-order valence-corrected chi connectivity index (χ4v) is 2.23. The third kappa shape index (κ3) is 1.97. The average molecular weight is 269 g/mol. The van der Waals surface area contributed by atoms with Crippen LogP contribution >= 0.6 is 11.6 Å². The first kappa shape index (κ1) is 11.6. The van der Waals surface area contributed by atoms with E-state index in [1.165, 1.54) is 0 Å². The maximum Gasteiger partial charge on any atom is 0.234 e. The summed E-state index contributed by atoms with van der Waals surface area (Å²) in [5.41, 5.74) is 1.71. The van der Waals surface area contributed by atoms with E-state index in [-0.39, 0.29) is 0 Å². The molecule has 2 aromatic heterocycles. The minimum atomic E-state index is 0.434. The highest BCUT2D eigenvalue weighted by Gasteiger charge is 2.17. The Kier molecular flexibility index (Phi) is 2.97. The first-order valence-corrected chi connectivity index (χ1v) is 6.08. The second kappa shape index (κ2) is 4.62. The number of rotatable bonds is 2. The minimum Gasteiger partial charge on any atom is -0.480 e. The van der Waals surface area contributed by atoms with Crippen molar-refractivity contribution in [1.82, 2.24) is 14.6 Å². The van der Waals surface area contributed by atoms with Crippen molar-refractivity contribution in [3.8, 4) is 5.88 Å². The van der Waals surface area contributed by atoms with Gasteiger partial charge in [-0.05, 0) is 0 Å². The maximum absolute atomic E-state index is 6.04. The number of fused-ring (bicyclic) bond motifs is 1. The van der Waals surface area contributed by atoms with E-state index in [2.05, 4.69) is 15.0 Å². The van der Waals surface area contributed by atoms with Gasteiger partial charge in [-0.1, -0.05) is 11.6 Å². The minimum absolute atomic E-state index is 0.434. The van der Waals surface area contributed by atoms with E-state index in [1.54, 1.807) is 17.8 Å². The fraction of sp³-hybridized carbons (Fsp3) is 0.455. The van der Waals surface area contributed by atoms with Crippen LogP contribution in [0.25, 0.3) is 5.65 Å². The van der Waals surface area contributed by atoms with Gasteiger partial charge in [-0.3, -0.25) is 0 Å². The zero-order valence-corrected chi connectivity index (χ0v) is 10.7. The van der Waals surface area contributed by atoms with Crippen LogP contribution in [0.5, 0.6) is 5.88 Å². The molecule has 0 spiro atoms. The molecule has 3 heterocycles. The van der Waals surface area contributed by atoms with Crippen molar-refractivity contribution in [2.75, 3.05) is 38.3 Å². The fourth-order valence-electron chi connectivity index (χ4n) is 2.05. The van der Waals surface area contributed by atoms with Gasteiger partial charge in [0.1, 0.15) is 0 Å². The van der Waals surface area contributed by atoms with Crippen molar-refractivity contribution in [3.63, 3.8) is 0 Å². The highest BCUT2D eigenvalue weighted by atomic mass is 35.5. The van der Waals surface area contributed by atoms with Crippen LogP contribution in [-0.4, -0.2) is 48.0 Å². The summed E-state index contributed by atoms with van der Waals surface area (Å²) in [5.74, 6) is 0.527. The summed E-state index contributed by atoms with van der Waals surface area (Å²) in [4.78, 5) is 6.58. The van der Waals surface area contributed by atoms with Crippen molar-refractivity contribution < 1.29 is 9.47 Å². The van der Waals surface area contributed by atoms with Crippen LogP contribution in [0.1, 0.15) is 0 Å². The molecule has 7 heteroatoms. The highest BCUT2D eigenvalue weighted by molar-refractivity contribution is 6.29. The van der Waals surface area contributed by atoms with E-state index < -0.39 is 0 Å². The van der Waals surface area contributed by atoms with E-state index in [0.717, 1.165) is 24.4 Å². The molecule has 18 heavy (non-hydrogen) atoms. The molecular formula is C11H13ClN4O2. The molecule has 0 N–H and O–H groups in total. The lowest BCUT2D eigenvalue weighted by Gasteiger charge is -2.28. The van der Waals surface area contributed by atoms with Crippen molar-refractivity contribution in [2.45, 2.75) is 0 Å². The van der Waals surface area contributed by atoms with Gasteiger partial charge in [0.25, 0.3) is 0 Å². The summed E-state index contributed by atoms with van der Waals surface area (Å²) in [7, 11) is 1.58. The molecule has 1 fully saturated rings. The van der Waals surface area contributed by atoms with Crippen LogP contribution < -0.4 is 9.64 Å². The van der Waals surface area contributed by atoms with Crippen molar-refractivity contribution in [1.29, 1.82) is 0 Å². The smallest absolute Gasteiger partial charge is 0.234 e. The van der Waals surface area contributed by atoms with Crippen LogP contribution in [0.15, 0.2) is 12.3 Å². The van der Waals surface area contributed by atoms with Gasteiger partial charge in [-0.2, -0.15) is 10.1 Å². The third-order valence-electron chi connectivity index (χ3n) is 2.91. The van der Waals surface area contributed by atoms with E-state index in [0.29, 0.717) is 24.2 Å². The molecule has 0 saturated carbocycles. The van der Waals surface area contributed by atoms with Crippen molar-refractivity contribution >= 4 is 22.9 Å². The number of hydrogen-bond acceptors (Lipinski definition) is 5. The number of imidazole rings is 1. The van der Waals surface area contributed by atoms with E-state index in [1.807, 2.05) is 6.07 Å². The quantitative estimate of drug-likeness (QED) is 0.820. The third-order valence-corrected chi connectivity index (χ3v) is 3.10. The van der Waals surface area contributed by atoms with Crippen LogP contribution in [0.4, 0.5) is 5.69 Å². The molecule has 0 unspecified atom stereocenters. The summed E-state index contributed by atoms with van der Waals surface area (Å²) in [5, 5.41) is 4.62. The molecule has 3 rings (SSSR count). The molecule has 1 saturated heterocycles. The molecule has 1 aliphatic rings. The summed E-state index contributed by atoms with van der Waals surface area (Å²) >= 11 is 6.04. The largest absolute Gasteiger partial charge is 0.480 e. The van der Waals surface area contributed by atoms with Crippen LogP contribution in [0.3, 0.4) is 0 Å². The number of ether oxygens (including phenoxy) is 2. The zero-order valence-electron chi connectivity index (χ0n) is 9.97. The molecule has 0 amide bonds. The predicted octanol–water partition coefficient (Wildman–Crippen LogP) is 1.23. The monoisotopic (exact) mass is 268 g/mol. The molecule has 1 aliphatic heterocycles. The predicted molar refractivity (Wildman–Crippen MR) is 67.6 cm³/mol. The molecular weight excluding hydrogens is 256 g/mol. The molecule has 0 bridgehead atoms. The highest BCUT2D eigenvalue weighted by Crippen LogP contribution is 2.26. The first-order valence-electron chi connectivity index (χ1n) is 5.70. The van der Waals surface area contributed by atoms with Gasteiger partial charge in [0.2, 0.25) is 5.88 Å². The summed E-state index contributed by atoms with van der Waals surface area (Å²) in [6.45, 7) is 3.07. The van der Waals surface area contributed by atoms with Crippen molar-refractivity contribution in [2.24, 2.45) is 0 Å². The number of morpholine rings is 1. The average Bonchev–Trinajstić information content (AvgIpc) is 2.81. The SMILES string of the molecule is COc1cn2nc(Cl)cc(N3CCOCC3)c2n1. The number of halogens is 1. The van der Waals surface area contributed by atoms with Crippen LogP contribution in [-0.2, 0) is 4.74 Å². The van der Waals surface area contributed by atoms with E-state index >= 15 is 0 Å². The zero-order chi connectivity index (χ0) is 12.5. The number of methoxy groups -OCH3 is 1. The topological polar surface area (TPSA) is 51.9 Å². The molecule has 6 nitrogen and oxygen atoms in total. The van der Waals surface area contributed by atoms with Gasteiger partial charge in [-0.15, -0.1) is 0 Å². The Morgan fingerprint density at radius 1 is 1.39 bits per heavy atom. The van der Waals surface area contributed by atoms with Gasteiger partial charge in [-0.25, -0.2) is 4.52 Å². The van der Waals surface area contributed by atoms with Gasteiger partial charge >= 0.3 is 0 Å². The lowest BCUT2D eigenvalue weighted by molar-refractivity contribution is 0.123. The lowest BCUT2D eigenvalue weighted by Crippen LogP contribution is -2.36. The summed E-state index contributed by atoms with van der Waals surface area (Å²) in [6.07, 6.45) is 1.71. The Hall–Kier alpha value is -1.53. The Labute approximate surface area is 109 Å². The van der Waals surface area contributed by atoms with Gasteiger partial charge < -0.3 is 14.4 Å². The number of aromatic nitrogens is 3. The Balaban J connectivity index is 2.10. The molecule has 0 aromatic carbocycles. The lowest BCUT2D eigenvalue weighted by atomic mass is 10.3. The van der Waals surface area contributed by atoms with Crippen LogP contribution in [0.2, 0.25) is 5.15 Å². The maximum atomic E-state index is 6.04. The van der Waals surface area contributed by atoms with Crippen molar-refractivity contribution in [3.05, 3.63) is 17.4 Å². The molecule has 0 aliphatic carbocycles. The second-order valence-corrected chi connectivity index (χ2v) is 4.39. The number of hydrogen-bond donors (Lipinski definition) is 0. The van der Waals surface area contributed by atoms with Gasteiger partial charge in [0.05, 0.1) is 32.2 Å². The molecule has 96 valence electrons. The molecule has 0 radical (unpaired) electrons. The Morgan fingerprint density at radius 2 is 2.17 bits per heavy atom. The molecule has 0 atom stereocenters. The Morgan fingerprint density at radius 3 is 2.89 bits per heavy atom. The van der Waals surface area contributed by atoms with E-state index in [9.17, 15) is 0 Å². The normalized spacial score (nSPS) is 16.2. The number of nitrogens with zero attached hydrogens (tertiary/aromatic N) is 4. The molecule has 2 aromatic rings.